The second-order valence-corrected chi connectivity index (χ2v) is 6.93. The minimum absolute atomic E-state index is 0.353. The number of nitrogens with zero attached hydrogens (tertiary/aromatic N) is 3. The highest BCUT2D eigenvalue weighted by molar-refractivity contribution is 6.79. The third-order valence-electron chi connectivity index (χ3n) is 2.63. The van der Waals surface area contributed by atoms with E-state index in [1.54, 1.807) is 24.3 Å². The lowest BCUT2D eigenvalue weighted by atomic mass is 10.2. The highest BCUT2D eigenvalue weighted by Gasteiger charge is 2.33. The van der Waals surface area contributed by atoms with Gasteiger partial charge >= 0.3 is 8.56 Å². The zero-order valence-electron chi connectivity index (χ0n) is 11.3. The molecule has 1 amide bonds. The smallest absolute Gasteiger partial charge is 0.369 e. The van der Waals surface area contributed by atoms with Crippen LogP contribution in [-0.4, -0.2) is 27.7 Å². The molecular weight excluding hydrogens is 262 g/mol. The number of carbonyl (C=O) groups is 1. The van der Waals surface area contributed by atoms with Crippen molar-refractivity contribution in [3.63, 3.8) is 0 Å². The molecule has 6 nitrogen and oxygen atoms in total. The quantitative estimate of drug-likeness (QED) is 0.347. The second kappa shape index (κ2) is 7.06. The van der Waals surface area contributed by atoms with Gasteiger partial charge in [0.25, 0.3) is 0 Å². The Kier molecular flexibility index (Phi) is 5.72. The van der Waals surface area contributed by atoms with E-state index >= 15 is 0 Å². The van der Waals surface area contributed by atoms with Gasteiger partial charge < -0.3 is 8.85 Å². The van der Waals surface area contributed by atoms with Gasteiger partial charge in [-0.25, -0.2) is 0 Å². The van der Waals surface area contributed by atoms with Gasteiger partial charge in [0, 0.05) is 23.7 Å². The lowest BCUT2D eigenvalue weighted by Gasteiger charge is -2.26. The molecule has 102 valence electrons. The van der Waals surface area contributed by atoms with Crippen LogP contribution < -0.4 is 5.19 Å². The summed E-state index contributed by atoms with van der Waals surface area (Å²) < 4.78 is 11.5. The summed E-state index contributed by atoms with van der Waals surface area (Å²) in [6.45, 7) is 6.95. The number of amides is 1. The molecule has 0 atom stereocenters. The minimum atomic E-state index is -2.42. The maximum atomic E-state index is 11.4. The predicted octanol–water partition coefficient (Wildman–Crippen LogP) is 2.49. The molecule has 0 saturated heterocycles. The van der Waals surface area contributed by atoms with E-state index in [0.717, 1.165) is 5.19 Å². The molecule has 0 radical (unpaired) electrons. The summed E-state index contributed by atoms with van der Waals surface area (Å²) in [5.41, 5.74) is 8.58. The van der Waals surface area contributed by atoms with Crippen LogP contribution in [0.5, 0.6) is 0 Å². The first kappa shape index (κ1) is 15.4. The van der Waals surface area contributed by atoms with Crippen molar-refractivity contribution < 1.29 is 13.6 Å². The average Bonchev–Trinajstić information content (AvgIpc) is 2.40. The van der Waals surface area contributed by atoms with Crippen molar-refractivity contribution in [3.8, 4) is 0 Å². The monoisotopic (exact) mass is 279 g/mol. The highest BCUT2D eigenvalue weighted by Crippen LogP contribution is 2.10. The third kappa shape index (κ3) is 3.90. The van der Waals surface area contributed by atoms with Crippen LogP contribution in [0.15, 0.2) is 29.4 Å². The van der Waals surface area contributed by atoms with Crippen molar-refractivity contribution >= 4 is 19.7 Å². The number of rotatable bonds is 6. The lowest BCUT2D eigenvalue weighted by molar-refractivity contribution is 0.100. The van der Waals surface area contributed by atoms with E-state index in [0.29, 0.717) is 18.8 Å². The molecule has 0 saturated carbocycles. The van der Waals surface area contributed by atoms with Gasteiger partial charge in [-0.15, -0.1) is 0 Å². The molecule has 0 aliphatic rings. The van der Waals surface area contributed by atoms with Crippen LogP contribution in [0, 0.1) is 0 Å². The Bertz CT molecular complexity index is 477. The van der Waals surface area contributed by atoms with E-state index < -0.39 is 14.5 Å². The molecule has 7 heteroatoms. The Morgan fingerprint density at radius 2 is 1.79 bits per heavy atom. The zero-order valence-corrected chi connectivity index (χ0v) is 12.3. The molecule has 1 rings (SSSR count). The van der Waals surface area contributed by atoms with E-state index in [9.17, 15) is 4.79 Å². The fraction of sp³-hybridized carbons (Fsp3) is 0.417. The van der Waals surface area contributed by atoms with Gasteiger partial charge in [-0.2, -0.15) is 0 Å². The molecular formula is C12H17N3O3Si. The molecule has 0 fully saturated rings. The number of hydrogen-bond acceptors (Lipinski definition) is 3. The average molecular weight is 279 g/mol. The van der Waals surface area contributed by atoms with Crippen LogP contribution in [0.25, 0.3) is 10.4 Å². The fourth-order valence-electron chi connectivity index (χ4n) is 1.77. The normalized spacial score (nSPS) is 10.9. The van der Waals surface area contributed by atoms with Crippen LogP contribution >= 0.6 is 0 Å². The number of hydrogen-bond donors (Lipinski definition) is 0. The molecule has 0 aromatic heterocycles. The lowest BCUT2D eigenvalue weighted by Crippen LogP contribution is -2.51. The number of azide groups is 1. The third-order valence-corrected chi connectivity index (χ3v) is 5.69. The Labute approximate surface area is 113 Å². The molecule has 0 bridgehead atoms. The van der Waals surface area contributed by atoms with Gasteiger partial charge in [0.2, 0.25) is 5.91 Å². The van der Waals surface area contributed by atoms with Crippen molar-refractivity contribution in [1.29, 1.82) is 0 Å². The first-order valence-electron chi connectivity index (χ1n) is 6.05. The molecule has 1 aromatic rings. The van der Waals surface area contributed by atoms with E-state index in [4.69, 9.17) is 14.4 Å². The predicted molar refractivity (Wildman–Crippen MR) is 74.4 cm³/mol. The van der Waals surface area contributed by atoms with Crippen LogP contribution in [0.4, 0.5) is 0 Å². The molecule has 1 aromatic carbocycles. The van der Waals surface area contributed by atoms with E-state index in [2.05, 4.69) is 10.0 Å². The summed E-state index contributed by atoms with van der Waals surface area (Å²) in [7, 11) is -2.42. The SMILES string of the molecule is CCO[Si](C)(OCC)c1ccc(C(=O)N=[N+]=[N-])cc1. The van der Waals surface area contributed by atoms with E-state index in [1.807, 2.05) is 20.4 Å². The van der Waals surface area contributed by atoms with E-state index in [1.165, 1.54) is 0 Å². The molecule has 0 N–H and O–H groups in total. The van der Waals surface area contributed by atoms with Gasteiger partial charge in [0.05, 0.1) is 0 Å². The minimum Gasteiger partial charge on any atom is -0.391 e. The molecule has 19 heavy (non-hydrogen) atoms. The molecule has 0 aliphatic carbocycles. The Hall–Kier alpha value is -1.66. The van der Waals surface area contributed by atoms with Crippen molar-refractivity contribution in [2.45, 2.75) is 20.4 Å². The fourth-order valence-corrected chi connectivity index (χ4v) is 4.06. The molecule has 0 spiro atoms. The van der Waals surface area contributed by atoms with Crippen LogP contribution in [-0.2, 0) is 8.85 Å². The van der Waals surface area contributed by atoms with Gasteiger partial charge in [0.15, 0.2) is 0 Å². The Morgan fingerprint density at radius 3 is 2.21 bits per heavy atom. The van der Waals surface area contributed by atoms with Gasteiger partial charge in [-0.1, -0.05) is 24.3 Å². The Balaban J connectivity index is 3.01. The molecule has 0 unspecified atom stereocenters. The molecule has 0 aliphatic heterocycles. The maximum absolute atomic E-state index is 11.4. The summed E-state index contributed by atoms with van der Waals surface area (Å²) >= 11 is 0. The zero-order chi connectivity index (χ0) is 14.3. The summed E-state index contributed by atoms with van der Waals surface area (Å²) in [5, 5.41) is 3.99. The number of benzene rings is 1. The van der Waals surface area contributed by atoms with E-state index in [-0.39, 0.29) is 0 Å². The number of carbonyl (C=O) groups excluding carboxylic acids is 1. The largest absolute Gasteiger partial charge is 0.391 e. The summed E-state index contributed by atoms with van der Waals surface area (Å²) in [6.07, 6.45) is 0. The van der Waals surface area contributed by atoms with Gasteiger partial charge in [0.1, 0.15) is 0 Å². The van der Waals surface area contributed by atoms with Crippen molar-refractivity contribution in [2.24, 2.45) is 5.11 Å². The summed E-state index contributed by atoms with van der Waals surface area (Å²) in [5.74, 6) is -0.592. The topological polar surface area (TPSA) is 84.3 Å². The summed E-state index contributed by atoms with van der Waals surface area (Å²) in [6, 6.07) is 6.82. The summed E-state index contributed by atoms with van der Waals surface area (Å²) in [4.78, 5) is 13.9. The van der Waals surface area contributed by atoms with Crippen molar-refractivity contribution in [3.05, 3.63) is 40.3 Å². The van der Waals surface area contributed by atoms with Crippen molar-refractivity contribution in [1.82, 2.24) is 0 Å². The van der Waals surface area contributed by atoms with Crippen LogP contribution in [0.2, 0.25) is 6.55 Å². The Morgan fingerprint density at radius 1 is 1.26 bits per heavy atom. The maximum Gasteiger partial charge on any atom is 0.369 e. The molecule has 0 heterocycles. The second-order valence-electron chi connectivity index (χ2n) is 3.88. The van der Waals surface area contributed by atoms with Crippen molar-refractivity contribution in [2.75, 3.05) is 13.2 Å². The first-order valence-corrected chi connectivity index (χ1v) is 8.37. The standard InChI is InChI=1S/C12H17N3O3Si/c1-4-17-19(3,18-5-2)11-8-6-10(7-9-11)12(16)14-15-13/h6-9H,4-5H2,1-3H3. The van der Waals surface area contributed by atoms with Crippen LogP contribution in [0.3, 0.4) is 0 Å². The highest BCUT2D eigenvalue weighted by atomic mass is 28.4. The van der Waals surface area contributed by atoms with Gasteiger partial charge in [-0.3, -0.25) is 4.79 Å². The first-order chi connectivity index (χ1) is 9.07. The van der Waals surface area contributed by atoms with Gasteiger partial charge in [-0.05, 0) is 36.2 Å². The van der Waals surface area contributed by atoms with Crippen LogP contribution in [0.1, 0.15) is 24.2 Å².